The highest BCUT2D eigenvalue weighted by Gasteiger charge is 2.25. The Labute approximate surface area is 152 Å². The molecule has 0 bridgehead atoms. The molecule has 7 heteroatoms. The van der Waals surface area contributed by atoms with Crippen molar-refractivity contribution in [1.82, 2.24) is 4.90 Å². The van der Waals surface area contributed by atoms with Crippen molar-refractivity contribution in [2.75, 3.05) is 36.4 Å². The fraction of sp³-hybridized carbons (Fsp3) is 0.389. The van der Waals surface area contributed by atoms with Gasteiger partial charge in [-0.1, -0.05) is 31.5 Å². The van der Waals surface area contributed by atoms with Crippen molar-refractivity contribution in [2.24, 2.45) is 5.92 Å². The third kappa shape index (κ3) is 4.43. The number of para-hydroxylation sites is 1. The number of rotatable bonds is 4. The fourth-order valence-electron chi connectivity index (χ4n) is 2.71. The van der Waals surface area contributed by atoms with Crippen LogP contribution in [0.3, 0.4) is 0 Å². The molecule has 1 heterocycles. The Bertz CT molecular complexity index is 736. The molecule has 0 radical (unpaired) electrons. The average Bonchev–Trinajstić information content (AvgIpc) is 2.62. The molecule has 6 nitrogen and oxygen atoms in total. The quantitative estimate of drug-likeness (QED) is 0.837. The van der Waals surface area contributed by atoms with Gasteiger partial charge in [0.2, 0.25) is 5.91 Å². The van der Waals surface area contributed by atoms with Crippen molar-refractivity contribution in [3.63, 3.8) is 0 Å². The molecule has 0 spiro atoms. The molecule has 2 rings (SSSR count). The topological polar surface area (TPSA) is 83.2 Å². The third-order valence-electron chi connectivity index (χ3n) is 4.00. The Morgan fingerprint density at radius 2 is 1.88 bits per heavy atom. The summed E-state index contributed by atoms with van der Waals surface area (Å²) in [5.74, 6) is 0.150. The minimum absolute atomic E-state index is 0.00962. The fourth-order valence-corrected chi connectivity index (χ4v) is 3.00. The summed E-state index contributed by atoms with van der Waals surface area (Å²) in [5.41, 5.74) is 1.52. The second kappa shape index (κ2) is 8.41. The van der Waals surface area contributed by atoms with Gasteiger partial charge in [0.15, 0.2) is 0 Å². The van der Waals surface area contributed by atoms with E-state index in [-0.39, 0.29) is 17.4 Å². The van der Waals surface area contributed by atoms with Crippen LogP contribution in [0.1, 0.15) is 13.8 Å². The smallest absolute Gasteiger partial charge is 0.225 e. The highest BCUT2D eigenvalue weighted by Crippen LogP contribution is 2.34. The van der Waals surface area contributed by atoms with E-state index < -0.39 is 0 Å². The van der Waals surface area contributed by atoms with Crippen LogP contribution in [-0.4, -0.2) is 37.0 Å². The SMILES string of the molecule is CC(C)C(=O)N1CCN(c2c(Cl)cccc2NC=C(C#N)C#N)CC1. The van der Waals surface area contributed by atoms with Gasteiger partial charge in [-0.25, -0.2) is 0 Å². The molecule has 0 unspecified atom stereocenters. The average molecular weight is 358 g/mol. The van der Waals surface area contributed by atoms with Gasteiger partial charge in [-0.3, -0.25) is 4.79 Å². The molecular formula is C18H20ClN5O. The van der Waals surface area contributed by atoms with Gasteiger partial charge in [-0.2, -0.15) is 10.5 Å². The Morgan fingerprint density at radius 1 is 1.24 bits per heavy atom. The van der Waals surface area contributed by atoms with E-state index in [4.69, 9.17) is 22.1 Å². The van der Waals surface area contributed by atoms with Crippen LogP contribution in [0.5, 0.6) is 0 Å². The van der Waals surface area contributed by atoms with Gasteiger partial charge in [0.25, 0.3) is 0 Å². The second-order valence-corrected chi connectivity index (χ2v) is 6.44. The highest BCUT2D eigenvalue weighted by molar-refractivity contribution is 6.34. The number of nitriles is 2. The summed E-state index contributed by atoms with van der Waals surface area (Å²) in [7, 11) is 0. The summed E-state index contributed by atoms with van der Waals surface area (Å²) in [6, 6.07) is 9.07. The first-order chi connectivity index (χ1) is 12.0. The lowest BCUT2D eigenvalue weighted by Crippen LogP contribution is -2.50. The number of amides is 1. The molecule has 1 N–H and O–H groups in total. The predicted octanol–water partition coefficient (Wildman–Crippen LogP) is 2.99. The largest absolute Gasteiger partial charge is 0.365 e. The highest BCUT2D eigenvalue weighted by atomic mass is 35.5. The number of carbonyl (C=O) groups excluding carboxylic acids is 1. The second-order valence-electron chi connectivity index (χ2n) is 6.03. The molecule has 1 aliphatic rings. The first kappa shape index (κ1) is 18.6. The van der Waals surface area contributed by atoms with E-state index in [1.165, 1.54) is 6.20 Å². The van der Waals surface area contributed by atoms with Gasteiger partial charge in [-0.15, -0.1) is 0 Å². The van der Waals surface area contributed by atoms with Gasteiger partial charge in [-0.05, 0) is 12.1 Å². The summed E-state index contributed by atoms with van der Waals surface area (Å²) >= 11 is 6.38. The van der Waals surface area contributed by atoms with Crippen molar-refractivity contribution in [1.29, 1.82) is 10.5 Å². The Hall–Kier alpha value is -2.70. The Kier molecular flexibility index (Phi) is 6.27. The summed E-state index contributed by atoms with van der Waals surface area (Å²) in [4.78, 5) is 16.1. The monoisotopic (exact) mass is 357 g/mol. The van der Waals surface area contributed by atoms with E-state index in [0.717, 1.165) is 11.4 Å². The van der Waals surface area contributed by atoms with Gasteiger partial charge in [0.1, 0.15) is 17.7 Å². The molecule has 0 atom stereocenters. The van der Waals surface area contributed by atoms with Crippen molar-refractivity contribution in [2.45, 2.75) is 13.8 Å². The maximum absolute atomic E-state index is 12.1. The summed E-state index contributed by atoms with van der Waals surface area (Å²) in [5, 5.41) is 21.3. The summed E-state index contributed by atoms with van der Waals surface area (Å²) in [6.07, 6.45) is 1.37. The van der Waals surface area contributed by atoms with E-state index >= 15 is 0 Å². The minimum atomic E-state index is -0.0155. The molecule has 1 saturated heterocycles. The number of nitrogens with one attached hydrogen (secondary N) is 1. The van der Waals surface area contributed by atoms with E-state index in [1.807, 2.05) is 37.0 Å². The minimum Gasteiger partial charge on any atom is -0.365 e. The normalized spacial score (nSPS) is 13.8. The number of anilines is 2. The molecule has 1 aromatic carbocycles. The molecule has 0 saturated carbocycles. The van der Waals surface area contributed by atoms with Crippen molar-refractivity contribution < 1.29 is 4.79 Å². The molecule has 1 fully saturated rings. The number of piperazine rings is 1. The van der Waals surface area contributed by atoms with Crippen LogP contribution in [0, 0.1) is 28.6 Å². The van der Waals surface area contributed by atoms with Gasteiger partial charge in [0, 0.05) is 38.3 Å². The number of halogens is 1. The van der Waals surface area contributed by atoms with Crippen LogP contribution in [0.15, 0.2) is 30.0 Å². The zero-order chi connectivity index (χ0) is 18.4. The van der Waals surface area contributed by atoms with Crippen LogP contribution >= 0.6 is 11.6 Å². The lowest BCUT2D eigenvalue weighted by molar-refractivity contribution is -0.134. The summed E-state index contributed by atoms with van der Waals surface area (Å²) < 4.78 is 0. The van der Waals surface area contributed by atoms with Gasteiger partial charge < -0.3 is 15.1 Å². The van der Waals surface area contributed by atoms with Crippen LogP contribution < -0.4 is 10.2 Å². The zero-order valence-electron chi connectivity index (χ0n) is 14.3. The molecule has 1 aliphatic heterocycles. The standard InChI is InChI=1S/C18H20ClN5O/c1-13(2)18(25)24-8-6-23(7-9-24)17-15(19)4-3-5-16(17)22-12-14(10-20)11-21/h3-5,12-13,22H,6-9H2,1-2H3. The van der Waals surface area contributed by atoms with Crippen LogP contribution in [0.2, 0.25) is 5.02 Å². The van der Waals surface area contributed by atoms with Crippen LogP contribution in [0.25, 0.3) is 0 Å². The number of hydrogen-bond donors (Lipinski definition) is 1. The lowest BCUT2D eigenvalue weighted by Gasteiger charge is -2.38. The van der Waals surface area contributed by atoms with Crippen molar-refractivity contribution >= 4 is 28.9 Å². The third-order valence-corrected chi connectivity index (χ3v) is 4.31. The zero-order valence-corrected chi connectivity index (χ0v) is 15.0. The maximum Gasteiger partial charge on any atom is 0.225 e. The number of carbonyl (C=O) groups is 1. The van der Waals surface area contributed by atoms with Gasteiger partial charge >= 0.3 is 0 Å². The van der Waals surface area contributed by atoms with Crippen molar-refractivity contribution in [3.05, 3.63) is 35.0 Å². The first-order valence-corrected chi connectivity index (χ1v) is 8.45. The lowest BCUT2D eigenvalue weighted by atomic mass is 10.1. The molecule has 0 aliphatic carbocycles. The molecule has 0 aromatic heterocycles. The maximum atomic E-state index is 12.1. The molecular weight excluding hydrogens is 338 g/mol. The van der Waals surface area contributed by atoms with Crippen LogP contribution in [-0.2, 0) is 4.79 Å². The van der Waals surface area contributed by atoms with Crippen LogP contribution in [0.4, 0.5) is 11.4 Å². The molecule has 1 amide bonds. The van der Waals surface area contributed by atoms with E-state index in [1.54, 1.807) is 12.1 Å². The molecule has 130 valence electrons. The Morgan fingerprint density at radius 3 is 2.44 bits per heavy atom. The number of nitrogens with zero attached hydrogens (tertiary/aromatic N) is 4. The predicted molar refractivity (Wildman–Crippen MR) is 98.0 cm³/mol. The first-order valence-electron chi connectivity index (χ1n) is 8.07. The van der Waals surface area contributed by atoms with E-state index in [2.05, 4.69) is 10.2 Å². The number of allylic oxidation sites excluding steroid dienone is 1. The van der Waals surface area contributed by atoms with E-state index in [9.17, 15) is 4.79 Å². The molecule has 1 aromatic rings. The Balaban J connectivity index is 2.18. The van der Waals surface area contributed by atoms with Crippen molar-refractivity contribution in [3.8, 4) is 12.1 Å². The summed E-state index contributed by atoms with van der Waals surface area (Å²) in [6.45, 7) is 6.42. The number of hydrogen-bond acceptors (Lipinski definition) is 5. The van der Waals surface area contributed by atoms with Gasteiger partial charge in [0.05, 0.1) is 16.4 Å². The number of benzene rings is 1. The molecule has 25 heavy (non-hydrogen) atoms. The van der Waals surface area contributed by atoms with E-state index in [0.29, 0.717) is 31.2 Å².